The summed E-state index contributed by atoms with van der Waals surface area (Å²) in [6.07, 6.45) is 0.653. The van der Waals surface area contributed by atoms with E-state index in [1.807, 2.05) is 0 Å². The van der Waals surface area contributed by atoms with Crippen molar-refractivity contribution in [2.45, 2.75) is 44.1 Å². The molecular weight excluding hydrogens is 351 g/mol. The highest BCUT2D eigenvalue weighted by molar-refractivity contribution is 7.99. The van der Waals surface area contributed by atoms with E-state index < -0.39 is 5.76 Å². The highest BCUT2D eigenvalue weighted by Gasteiger charge is 2.14. The first-order valence-electron chi connectivity index (χ1n) is 7.65. The van der Waals surface area contributed by atoms with E-state index in [4.69, 9.17) is 0 Å². The summed E-state index contributed by atoms with van der Waals surface area (Å²) < 4.78 is 37.6. The molecule has 0 spiro atoms. The Kier molecular flexibility index (Phi) is 6.81. The first-order chi connectivity index (χ1) is 11.8. The van der Waals surface area contributed by atoms with Gasteiger partial charge < -0.3 is 5.32 Å². The van der Waals surface area contributed by atoms with Crippen LogP contribution in [0.15, 0.2) is 29.4 Å². The number of halogens is 3. The molecule has 25 heavy (non-hydrogen) atoms. The molecule has 1 aromatic carbocycles. The number of benzene rings is 1. The number of thioether (sulfide) groups is 1. The van der Waals surface area contributed by atoms with Crippen molar-refractivity contribution in [3.8, 4) is 0 Å². The summed E-state index contributed by atoms with van der Waals surface area (Å²) in [4.78, 5) is 20.1. The van der Waals surface area contributed by atoms with Crippen LogP contribution in [0, 0.1) is 19.7 Å². The van der Waals surface area contributed by atoms with E-state index >= 15 is 0 Å². The van der Waals surface area contributed by atoms with Gasteiger partial charge in [-0.3, -0.25) is 4.79 Å². The third kappa shape index (κ3) is 6.04. The Balaban J connectivity index is 1.89. The first-order valence-corrected chi connectivity index (χ1v) is 8.53. The van der Waals surface area contributed by atoms with Crippen LogP contribution in [0.25, 0.3) is 0 Å². The fraction of sp³-hybridized carbons (Fsp3) is 0.353. The molecule has 1 aromatic heterocycles. The van der Waals surface area contributed by atoms with Crippen molar-refractivity contribution in [2.24, 2.45) is 0 Å². The Morgan fingerprint density at radius 2 is 1.76 bits per heavy atom. The van der Waals surface area contributed by atoms with Crippen LogP contribution in [0.3, 0.4) is 0 Å². The van der Waals surface area contributed by atoms with E-state index in [-0.39, 0.29) is 23.3 Å². The Morgan fingerprint density at radius 3 is 2.32 bits per heavy atom. The van der Waals surface area contributed by atoms with Crippen molar-refractivity contribution in [3.05, 3.63) is 52.6 Å². The van der Waals surface area contributed by atoms with Crippen molar-refractivity contribution < 1.29 is 18.0 Å². The number of carbonyl (C=O) groups is 1. The third-order valence-electron chi connectivity index (χ3n) is 3.60. The minimum Gasteiger partial charge on any atom is -0.352 e. The van der Waals surface area contributed by atoms with E-state index in [2.05, 4.69) is 15.3 Å². The summed E-state index contributed by atoms with van der Waals surface area (Å²) in [5.74, 6) is -3.05. The molecule has 0 aliphatic heterocycles. The van der Waals surface area contributed by atoms with Gasteiger partial charge in [-0.25, -0.2) is 14.4 Å². The molecular formula is C17H18F3N3OS. The zero-order valence-corrected chi connectivity index (χ0v) is 14.7. The molecule has 0 radical (unpaired) electrons. The lowest BCUT2D eigenvalue weighted by atomic mass is 10.1. The molecule has 1 amide bonds. The van der Waals surface area contributed by atoms with Gasteiger partial charge in [-0.15, -0.1) is 0 Å². The standard InChI is InChI=1S/C17H18F3N3OS/c1-10-14(11(2)23-17(22-10)25-16(19)20)7-8-15(24)21-9-12-3-5-13(18)6-4-12/h3-6,16H,7-9H2,1-2H3,(H,21,24). The quantitative estimate of drug-likeness (QED) is 0.596. The summed E-state index contributed by atoms with van der Waals surface area (Å²) in [6.45, 7) is 3.75. The predicted octanol–water partition coefficient (Wildman–Crippen LogP) is 3.80. The van der Waals surface area contributed by atoms with Gasteiger partial charge >= 0.3 is 0 Å². The lowest BCUT2D eigenvalue weighted by Crippen LogP contribution is -2.23. The molecule has 1 heterocycles. The third-order valence-corrected chi connectivity index (χ3v) is 4.17. The van der Waals surface area contributed by atoms with Gasteiger partial charge in [-0.05, 0) is 55.3 Å². The molecule has 2 aromatic rings. The van der Waals surface area contributed by atoms with Gasteiger partial charge in [-0.1, -0.05) is 12.1 Å². The predicted molar refractivity (Wildman–Crippen MR) is 89.9 cm³/mol. The average molecular weight is 369 g/mol. The number of hydrogen-bond acceptors (Lipinski definition) is 4. The van der Waals surface area contributed by atoms with Crippen molar-refractivity contribution >= 4 is 17.7 Å². The monoisotopic (exact) mass is 369 g/mol. The normalized spacial score (nSPS) is 11.0. The van der Waals surface area contributed by atoms with Crippen LogP contribution in [0.4, 0.5) is 13.2 Å². The summed E-state index contributed by atoms with van der Waals surface area (Å²) in [7, 11) is 0. The molecule has 0 aliphatic rings. The Hall–Kier alpha value is -2.09. The highest BCUT2D eigenvalue weighted by atomic mass is 32.2. The Labute approximate surface area is 148 Å². The second kappa shape index (κ2) is 8.84. The highest BCUT2D eigenvalue weighted by Crippen LogP contribution is 2.24. The van der Waals surface area contributed by atoms with Crippen LogP contribution in [-0.4, -0.2) is 21.6 Å². The van der Waals surface area contributed by atoms with E-state index in [9.17, 15) is 18.0 Å². The zero-order valence-electron chi connectivity index (χ0n) is 13.9. The summed E-state index contributed by atoms with van der Waals surface area (Å²) in [5.41, 5.74) is 2.79. The smallest absolute Gasteiger partial charge is 0.291 e. The molecule has 0 saturated heterocycles. The van der Waals surface area contributed by atoms with Crippen LogP contribution in [0.5, 0.6) is 0 Å². The van der Waals surface area contributed by atoms with E-state index in [0.29, 0.717) is 36.1 Å². The maximum absolute atomic E-state index is 12.8. The van der Waals surface area contributed by atoms with E-state index in [0.717, 1.165) is 11.1 Å². The van der Waals surface area contributed by atoms with Crippen LogP contribution in [0.1, 0.15) is 28.9 Å². The van der Waals surface area contributed by atoms with Gasteiger partial charge in [0.2, 0.25) is 5.91 Å². The van der Waals surface area contributed by atoms with Gasteiger partial charge in [0.25, 0.3) is 5.76 Å². The number of carbonyl (C=O) groups excluding carboxylic acids is 1. The molecule has 8 heteroatoms. The van der Waals surface area contributed by atoms with Crippen LogP contribution in [-0.2, 0) is 17.8 Å². The summed E-state index contributed by atoms with van der Waals surface area (Å²) in [6, 6.07) is 5.89. The van der Waals surface area contributed by atoms with E-state index in [1.165, 1.54) is 12.1 Å². The first kappa shape index (κ1) is 19.2. The minimum atomic E-state index is -2.57. The maximum atomic E-state index is 12.8. The molecule has 134 valence electrons. The largest absolute Gasteiger partial charge is 0.352 e. The van der Waals surface area contributed by atoms with Crippen LogP contribution < -0.4 is 5.32 Å². The number of aromatic nitrogens is 2. The zero-order chi connectivity index (χ0) is 18.4. The lowest BCUT2D eigenvalue weighted by molar-refractivity contribution is -0.121. The summed E-state index contributed by atoms with van der Waals surface area (Å²) in [5, 5.41) is 2.80. The number of nitrogens with one attached hydrogen (secondary N) is 1. The average Bonchev–Trinajstić information content (AvgIpc) is 2.53. The number of rotatable bonds is 7. The number of nitrogens with zero attached hydrogens (tertiary/aromatic N) is 2. The van der Waals surface area contributed by atoms with Gasteiger partial charge in [0, 0.05) is 24.4 Å². The number of aryl methyl sites for hydroxylation is 2. The van der Waals surface area contributed by atoms with Crippen molar-refractivity contribution in [3.63, 3.8) is 0 Å². The van der Waals surface area contributed by atoms with E-state index in [1.54, 1.807) is 26.0 Å². The molecule has 0 fully saturated rings. The lowest BCUT2D eigenvalue weighted by Gasteiger charge is -2.11. The Bertz CT molecular complexity index is 715. The molecule has 4 nitrogen and oxygen atoms in total. The number of alkyl halides is 2. The molecule has 0 unspecified atom stereocenters. The van der Waals surface area contributed by atoms with Crippen molar-refractivity contribution in [1.29, 1.82) is 0 Å². The van der Waals surface area contributed by atoms with Crippen LogP contribution >= 0.6 is 11.8 Å². The number of amides is 1. The van der Waals surface area contributed by atoms with Gasteiger partial charge in [0.15, 0.2) is 5.16 Å². The molecule has 1 N–H and O–H groups in total. The number of hydrogen-bond donors (Lipinski definition) is 1. The second-order valence-corrected chi connectivity index (χ2v) is 6.39. The van der Waals surface area contributed by atoms with Gasteiger partial charge in [-0.2, -0.15) is 8.78 Å². The molecule has 2 rings (SSSR count). The van der Waals surface area contributed by atoms with Crippen molar-refractivity contribution in [2.75, 3.05) is 0 Å². The SMILES string of the molecule is Cc1nc(SC(F)F)nc(C)c1CCC(=O)NCc1ccc(F)cc1. The van der Waals surface area contributed by atoms with Crippen LogP contribution in [0.2, 0.25) is 0 Å². The molecule has 0 aliphatic carbocycles. The minimum absolute atomic E-state index is 0.0366. The maximum Gasteiger partial charge on any atom is 0.291 e. The summed E-state index contributed by atoms with van der Waals surface area (Å²) >= 11 is 0.305. The van der Waals surface area contributed by atoms with Crippen molar-refractivity contribution in [1.82, 2.24) is 15.3 Å². The van der Waals surface area contributed by atoms with Gasteiger partial charge in [0.1, 0.15) is 5.82 Å². The fourth-order valence-corrected chi connectivity index (χ4v) is 2.87. The Morgan fingerprint density at radius 1 is 1.16 bits per heavy atom. The van der Waals surface area contributed by atoms with Gasteiger partial charge in [0.05, 0.1) is 0 Å². The topological polar surface area (TPSA) is 54.9 Å². The second-order valence-electron chi connectivity index (χ2n) is 5.44. The molecule has 0 saturated carbocycles. The molecule has 0 atom stereocenters. The molecule has 0 bridgehead atoms. The fourth-order valence-electron chi connectivity index (χ4n) is 2.33.